The van der Waals surface area contributed by atoms with Gasteiger partial charge in [-0.15, -0.1) is 11.6 Å². The molecule has 224 valence electrons. The predicted molar refractivity (Wildman–Crippen MR) is 162 cm³/mol. The van der Waals surface area contributed by atoms with Crippen molar-refractivity contribution >= 4 is 87.1 Å². The molecule has 2 aromatic heterocycles. The summed E-state index contributed by atoms with van der Waals surface area (Å²) in [6, 6.07) is 3.27. The van der Waals surface area contributed by atoms with E-state index in [0.717, 1.165) is 0 Å². The fourth-order valence-corrected chi connectivity index (χ4v) is 9.13. The molecule has 3 saturated heterocycles. The number of nitrogens with two attached hydrogens (primary N) is 2. The second-order valence-electron chi connectivity index (χ2n) is 10.6. The number of aliphatic hydroxyl groups is 2. The maximum Gasteiger partial charge on any atom is 0.267 e. The summed E-state index contributed by atoms with van der Waals surface area (Å²) in [7, 11) is 0. The minimum Gasteiger partial charge on any atom is -0.376 e. The van der Waals surface area contributed by atoms with E-state index in [9.17, 15) is 19.8 Å². The third-order valence-corrected chi connectivity index (χ3v) is 12.9. The lowest BCUT2D eigenvalue weighted by molar-refractivity contribution is -0.0680. The molecule has 1 spiro atoms. The van der Waals surface area contributed by atoms with E-state index in [1.54, 1.807) is 17.0 Å². The Hall–Kier alpha value is -0.610. The van der Waals surface area contributed by atoms with Crippen molar-refractivity contribution in [1.29, 1.82) is 0 Å². The molecule has 0 aromatic carbocycles. The number of hydrogen-bond donors (Lipinski definition) is 11. The molecular formula is C22H27Br4ClN10O4. The molecule has 1 saturated carbocycles. The molecule has 13 N–H and O–H groups in total. The topological polar surface area (TPSA) is 222 Å². The molecule has 10 atom stereocenters. The SMILES string of the molecule is NC1N[C@@H]2N3C(N)N[C@@H](O)[C@@]34[C@H]([C@H](CNC(=O)c3cc(Br)c(Br)[nH]3)[C@@H](CNC(=O)c3cc(Br)c(Br)[nH]3)[C@@H]4Cl)[C@]2(O)N1. The molecular weight excluding hydrogens is 823 g/mol. The highest BCUT2D eigenvalue weighted by molar-refractivity contribution is 9.13. The van der Waals surface area contributed by atoms with Crippen LogP contribution < -0.4 is 38.1 Å². The van der Waals surface area contributed by atoms with Crippen LogP contribution in [0.25, 0.3) is 0 Å². The number of nitrogens with one attached hydrogen (secondary N) is 7. The third-order valence-electron chi connectivity index (χ3n) is 8.64. The van der Waals surface area contributed by atoms with Gasteiger partial charge in [0, 0.05) is 19.0 Å². The molecule has 4 fully saturated rings. The van der Waals surface area contributed by atoms with Crippen molar-refractivity contribution in [3.05, 3.63) is 41.7 Å². The number of alkyl halides is 1. The number of rotatable bonds is 6. The van der Waals surface area contributed by atoms with Gasteiger partial charge >= 0.3 is 0 Å². The van der Waals surface area contributed by atoms with Crippen LogP contribution in [0.15, 0.2) is 30.3 Å². The number of H-pyrrole nitrogens is 2. The van der Waals surface area contributed by atoms with E-state index in [1.165, 1.54) is 0 Å². The number of fused-ring (bicyclic) bond motifs is 3. The second-order valence-corrected chi connectivity index (χ2v) is 14.4. The van der Waals surface area contributed by atoms with E-state index in [4.69, 9.17) is 23.1 Å². The van der Waals surface area contributed by atoms with Gasteiger partial charge in [-0.05, 0) is 87.7 Å². The Morgan fingerprint density at radius 1 is 0.976 bits per heavy atom. The van der Waals surface area contributed by atoms with Crippen LogP contribution >= 0.6 is 75.3 Å². The maximum absolute atomic E-state index is 13.1. The van der Waals surface area contributed by atoms with Crippen LogP contribution in [0.5, 0.6) is 0 Å². The van der Waals surface area contributed by atoms with Gasteiger partial charge in [0.2, 0.25) is 0 Å². The number of aliphatic hydroxyl groups excluding tert-OH is 1. The van der Waals surface area contributed by atoms with Gasteiger partial charge in [-0.25, -0.2) is 4.90 Å². The van der Waals surface area contributed by atoms with Crippen LogP contribution in [-0.4, -0.2) is 91.6 Å². The Morgan fingerprint density at radius 2 is 1.51 bits per heavy atom. The van der Waals surface area contributed by atoms with E-state index in [1.807, 2.05) is 0 Å². The Kier molecular flexibility index (Phi) is 8.00. The monoisotopic (exact) mass is 846 g/mol. The molecule has 6 rings (SSSR count). The summed E-state index contributed by atoms with van der Waals surface area (Å²) in [6.07, 6.45) is -3.66. The third kappa shape index (κ3) is 4.52. The highest BCUT2D eigenvalue weighted by atomic mass is 79.9. The first-order chi connectivity index (χ1) is 19.3. The zero-order valence-electron chi connectivity index (χ0n) is 20.9. The van der Waals surface area contributed by atoms with E-state index >= 15 is 0 Å². The molecule has 14 nitrogen and oxygen atoms in total. The van der Waals surface area contributed by atoms with E-state index in [2.05, 4.69) is 100 Å². The normalized spacial score (nSPS) is 39.5. The van der Waals surface area contributed by atoms with Crippen molar-refractivity contribution in [2.75, 3.05) is 13.1 Å². The Labute approximate surface area is 272 Å². The van der Waals surface area contributed by atoms with Gasteiger partial charge in [-0.3, -0.25) is 25.5 Å². The first-order valence-electron chi connectivity index (χ1n) is 12.6. The Bertz CT molecular complexity index is 1360. The molecule has 19 heteroatoms. The van der Waals surface area contributed by atoms with Gasteiger partial charge in [-0.2, -0.15) is 0 Å². The summed E-state index contributed by atoms with van der Waals surface area (Å²) in [5, 5.41) is 37.7. The van der Waals surface area contributed by atoms with Gasteiger partial charge in [0.25, 0.3) is 11.8 Å². The van der Waals surface area contributed by atoms with Crippen LogP contribution in [0.3, 0.4) is 0 Å². The van der Waals surface area contributed by atoms with Crippen molar-refractivity contribution < 1.29 is 19.8 Å². The number of carbonyl (C=O) groups is 2. The van der Waals surface area contributed by atoms with Crippen molar-refractivity contribution in [3.8, 4) is 0 Å². The molecule has 3 aliphatic heterocycles. The van der Waals surface area contributed by atoms with Crippen molar-refractivity contribution in [3.63, 3.8) is 0 Å². The average molecular weight is 851 g/mol. The lowest BCUT2D eigenvalue weighted by atomic mass is 9.77. The molecule has 2 aromatic rings. The van der Waals surface area contributed by atoms with Crippen LogP contribution in [0.4, 0.5) is 0 Å². The standard InChI is InChI=1S/C22H27Br4ClN10O4/c23-7-1-9(32-13(7)25)15(38)30-3-5-6(4-31-16(39)10-2-8(24)14(26)33-10)12(27)21-11(5)22(41)17(34-19(28)36-22)37(21)20(29)35-18(21)40/h1-2,5-6,11-12,17-20,32-36,40-41H,3-4,28-29H2,(H,30,38)(H,31,39)/t5-,6-,11+,12+,17-,18+,19?,20?,21+,22-/m1/s1. The minimum atomic E-state index is -1.67. The average Bonchev–Trinajstić information content (AvgIpc) is 3.67. The molecule has 2 amide bonds. The lowest BCUT2D eigenvalue weighted by Crippen LogP contribution is -2.63. The molecule has 0 radical (unpaired) electrons. The van der Waals surface area contributed by atoms with Gasteiger partial charge in [0.05, 0.1) is 29.1 Å². The summed E-state index contributed by atoms with van der Waals surface area (Å²) in [5.74, 6) is -2.62. The quantitative estimate of drug-likeness (QED) is 0.170. The largest absolute Gasteiger partial charge is 0.376 e. The van der Waals surface area contributed by atoms with Crippen LogP contribution in [0, 0.1) is 17.8 Å². The lowest BCUT2D eigenvalue weighted by Gasteiger charge is -2.40. The molecule has 41 heavy (non-hydrogen) atoms. The number of halogens is 5. The van der Waals surface area contributed by atoms with Crippen molar-refractivity contribution in [1.82, 2.24) is 41.5 Å². The molecule has 0 bridgehead atoms. The summed E-state index contributed by atoms with van der Waals surface area (Å²) in [5.41, 5.74) is 10.2. The number of aromatic nitrogens is 2. The van der Waals surface area contributed by atoms with E-state index in [-0.39, 0.29) is 24.9 Å². The first-order valence-corrected chi connectivity index (χ1v) is 16.2. The summed E-state index contributed by atoms with van der Waals surface area (Å²) < 4.78 is 2.59. The molecule has 1 aliphatic carbocycles. The zero-order chi connectivity index (χ0) is 29.6. The summed E-state index contributed by atoms with van der Waals surface area (Å²) in [4.78, 5) is 33.8. The Morgan fingerprint density at radius 3 is 2.02 bits per heavy atom. The van der Waals surface area contributed by atoms with Gasteiger partial charge in [0.1, 0.15) is 36.4 Å². The van der Waals surface area contributed by atoms with Crippen LogP contribution in [0.1, 0.15) is 21.0 Å². The smallest absolute Gasteiger partial charge is 0.267 e. The van der Waals surface area contributed by atoms with E-state index in [0.29, 0.717) is 29.5 Å². The highest BCUT2D eigenvalue weighted by Gasteiger charge is 2.82. The van der Waals surface area contributed by atoms with Gasteiger partial charge < -0.3 is 42.3 Å². The summed E-state index contributed by atoms with van der Waals surface area (Å²) in [6.45, 7) is 0.139. The second kappa shape index (κ2) is 10.8. The molecule has 2 unspecified atom stereocenters. The number of carbonyl (C=O) groups excluding carboxylic acids is 2. The van der Waals surface area contributed by atoms with E-state index < -0.39 is 59.4 Å². The first kappa shape index (κ1) is 30.4. The fourth-order valence-electron chi connectivity index (χ4n) is 7.17. The number of amides is 2. The number of aromatic amines is 2. The van der Waals surface area contributed by atoms with Crippen molar-refractivity contribution in [2.24, 2.45) is 29.2 Å². The van der Waals surface area contributed by atoms with Gasteiger partial charge in [0.15, 0.2) is 5.72 Å². The maximum atomic E-state index is 13.1. The predicted octanol–water partition coefficient (Wildman–Crippen LogP) is -0.310. The minimum absolute atomic E-state index is 0.0601. The van der Waals surface area contributed by atoms with Gasteiger partial charge in [-0.1, -0.05) is 0 Å². The fraction of sp³-hybridized carbons (Fsp3) is 0.545. The number of nitrogens with zero attached hydrogens (tertiary/aromatic N) is 1. The Balaban J connectivity index is 1.35. The van der Waals surface area contributed by atoms with Crippen LogP contribution in [0.2, 0.25) is 0 Å². The zero-order valence-corrected chi connectivity index (χ0v) is 28.0. The number of hydrogen-bond acceptors (Lipinski definition) is 10. The van der Waals surface area contributed by atoms with Crippen LogP contribution in [-0.2, 0) is 0 Å². The van der Waals surface area contributed by atoms with Crippen molar-refractivity contribution in [2.45, 2.75) is 41.6 Å². The summed E-state index contributed by atoms with van der Waals surface area (Å²) >= 11 is 20.7. The molecule has 4 aliphatic rings. The highest BCUT2D eigenvalue weighted by Crippen LogP contribution is 2.63. The molecule has 5 heterocycles.